The Balaban J connectivity index is 2.29. The van der Waals surface area contributed by atoms with Crippen molar-refractivity contribution in [3.05, 3.63) is 24.2 Å². The Morgan fingerprint density at radius 2 is 2.47 bits per heavy atom. The first-order valence-corrected chi connectivity index (χ1v) is 5.89. The van der Waals surface area contributed by atoms with Crippen molar-refractivity contribution in [2.24, 2.45) is 0 Å². The molecule has 1 heterocycles. The Labute approximate surface area is 98.2 Å². The van der Waals surface area contributed by atoms with E-state index in [1.807, 2.05) is 0 Å². The summed E-state index contributed by atoms with van der Waals surface area (Å²) in [7, 11) is 0. The molecule has 0 N–H and O–H groups in total. The molecular weight excluding hydrogens is 232 g/mol. The molecule has 0 unspecified atom stereocenters. The summed E-state index contributed by atoms with van der Waals surface area (Å²) in [6, 6.07) is 3.26. The highest BCUT2D eigenvalue weighted by atomic mass is 32.2. The Kier molecular flexibility index (Phi) is 5.42. The quantitative estimate of drug-likeness (QED) is 0.600. The van der Waals surface area contributed by atoms with Gasteiger partial charge in [0.1, 0.15) is 0 Å². The maximum absolute atomic E-state index is 11.5. The number of thiocarbonyl (C=S) groups is 1. The van der Waals surface area contributed by atoms with Crippen molar-refractivity contribution in [1.82, 2.24) is 0 Å². The fourth-order valence-electron chi connectivity index (χ4n) is 0.850. The number of thioether (sulfide) groups is 1. The van der Waals surface area contributed by atoms with Crippen LogP contribution in [0.2, 0.25) is 0 Å². The van der Waals surface area contributed by atoms with E-state index in [0.29, 0.717) is 12.4 Å². The van der Waals surface area contributed by atoms with E-state index in [0.717, 1.165) is 24.6 Å². The molecule has 0 spiro atoms. The Morgan fingerprint density at radius 3 is 3.07 bits per heavy atom. The molecule has 1 rings (SSSR count). The maximum Gasteiger partial charge on any atom is 0.263 e. The summed E-state index contributed by atoms with van der Waals surface area (Å²) in [4.78, 5) is 11.5. The van der Waals surface area contributed by atoms with Gasteiger partial charge in [0.2, 0.25) is 4.38 Å². The first kappa shape index (κ1) is 12.3. The van der Waals surface area contributed by atoms with Crippen LogP contribution in [-0.4, -0.2) is 16.1 Å². The zero-order valence-electron chi connectivity index (χ0n) is 8.39. The number of rotatable bonds is 4. The molecule has 0 aliphatic carbocycles. The van der Waals surface area contributed by atoms with Crippen LogP contribution < -0.4 is 0 Å². The van der Waals surface area contributed by atoms with Crippen LogP contribution in [0.5, 0.6) is 0 Å². The lowest BCUT2D eigenvalue weighted by Crippen LogP contribution is -2.03. The minimum absolute atomic E-state index is 0.221. The number of hydrogen-bond acceptors (Lipinski definition) is 5. The van der Waals surface area contributed by atoms with Gasteiger partial charge in [-0.2, -0.15) is 0 Å². The highest BCUT2D eigenvalue weighted by Gasteiger charge is 2.13. The van der Waals surface area contributed by atoms with Crippen molar-refractivity contribution in [3.63, 3.8) is 0 Å². The van der Waals surface area contributed by atoms with Crippen LogP contribution in [0.15, 0.2) is 22.8 Å². The van der Waals surface area contributed by atoms with Crippen LogP contribution in [0.1, 0.15) is 30.3 Å². The molecule has 1 aromatic rings. The van der Waals surface area contributed by atoms with Gasteiger partial charge in [-0.25, -0.2) is 0 Å². The lowest BCUT2D eigenvalue weighted by atomic mass is 10.4. The third-order valence-corrected chi connectivity index (χ3v) is 2.66. The van der Waals surface area contributed by atoms with E-state index in [4.69, 9.17) is 21.4 Å². The molecule has 3 nitrogen and oxygen atoms in total. The molecule has 0 aliphatic rings. The van der Waals surface area contributed by atoms with Crippen LogP contribution in [0.3, 0.4) is 0 Å². The lowest BCUT2D eigenvalue weighted by molar-refractivity contribution is 0.106. The second-order valence-electron chi connectivity index (χ2n) is 2.82. The minimum Gasteiger partial charge on any atom is -0.478 e. The SMILES string of the molecule is CCCCOC(=S)SC(=O)c1ccco1. The minimum atomic E-state index is -0.221. The van der Waals surface area contributed by atoms with E-state index in [1.165, 1.54) is 6.26 Å². The van der Waals surface area contributed by atoms with Crippen molar-refractivity contribution in [1.29, 1.82) is 0 Å². The van der Waals surface area contributed by atoms with Crippen molar-refractivity contribution in [2.75, 3.05) is 6.61 Å². The third-order valence-electron chi connectivity index (χ3n) is 1.62. The lowest BCUT2D eigenvalue weighted by Gasteiger charge is -2.03. The zero-order chi connectivity index (χ0) is 11.1. The highest BCUT2D eigenvalue weighted by molar-refractivity contribution is 8.32. The van der Waals surface area contributed by atoms with Gasteiger partial charge >= 0.3 is 0 Å². The molecule has 1 aromatic heterocycles. The molecule has 0 bridgehead atoms. The largest absolute Gasteiger partial charge is 0.478 e. The Hall–Kier alpha value is -0.810. The molecule has 0 amide bonds. The third kappa shape index (κ3) is 4.48. The number of ether oxygens (including phenoxy) is 1. The fourth-order valence-corrected chi connectivity index (χ4v) is 1.67. The van der Waals surface area contributed by atoms with Crippen molar-refractivity contribution < 1.29 is 13.9 Å². The van der Waals surface area contributed by atoms with Gasteiger partial charge in [0, 0.05) is 11.8 Å². The van der Waals surface area contributed by atoms with Crippen LogP contribution in [0, 0.1) is 0 Å². The van der Waals surface area contributed by atoms with Gasteiger partial charge in [-0.05, 0) is 30.8 Å². The molecule has 5 heteroatoms. The van der Waals surface area contributed by atoms with Crippen LogP contribution in [0.25, 0.3) is 0 Å². The van der Waals surface area contributed by atoms with Gasteiger partial charge in [0.15, 0.2) is 5.76 Å². The van der Waals surface area contributed by atoms with Crippen LogP contribution in [-0.2, 0) is 4.74 Å². The monoisotopic (exact) mass is 244 g/mol. The Morgan fingerprint density at radius 1 is 1.67 bits per heavy atom. The smallest absolute Gasteiger partial charge is 0.263 e. The average Bonchev–Trinajstić information content (AvgIpc) is 2.70. The Bertz CT molecular complexity index is 319. The number of carbonyl (C=O) groups excluding carboxylic acids is 1. The number of hydrogen-bond donors (Lipinski definition) is 0. The maximum atomic E-state index is 11.5. The number of furan rings is 1. The van der Waals surface area contributed by atoms with E-state index < -0.39 is 0 Å². The molecule has 82 valence electrons. The summed E-state index contributed by atoms with van der Waals surface area (Å²) in [5.41, 5.74) is 0. The molecule has 0 aliphatic heterocycles. The standard InChI is InChI=1S/C10H12O3S2/c1-2-3-6-13-10(14)15-9(11)8-5-4-7-12-8/h4-5,7H,2-3,6H2,1H3. The van der Waals surface area contributed by atoms with Crippen molar-refractivity contribution in [2.45, 2.75) is 19.8 Å². The molecule has 0 radical (unpaired) electrons. The summed E-state index contributed by atoms with van der Waals surface area (Å²) in [6.45, 7) is 2.63. The van der Waals surface area contributed by atoms with E-state index in [-0.39, 0.29) is 9.50 Å². The number of carbonyl (C=O) groups is 1. The molecule has 15 heavy (non-hydrogen) atoms. The second-order valence-corrected chi connectivity index (χ2v) is 4.39. The molecule has 0 saturated heterocycles. The van der Waals surface area contributed by atoms with Gasteiger partial charge in [-0.3, -0.25) is 4.79 Å². The van der Waals surface area contributed by atoms with Gasteiger partial charge < -0.3 is 9.15 Å². The van der Waals surface area contributed by atoms with Crippen LogP contribution >= 0.6 is 24.0 Å². The summed E-state index contributed by atoms with van der Waals surface area (Å²) >= 11 is 5.78. The number of unbranched alkanes of at least 4 members (excludes halogenated alkanes) is 1. The van der Waals surface area contributed by atoms with E-state index in [2.05, 4.69) is 6.92 Å². The first-order valence-electron chi connectivity index (χ1n) is 4.66. The highest BCUT2D eigenvalue weighted by Crippen LogP contribution is 2.15. The topological polar surface area (TPSA) is 39.4 Å². The van der Waals surface area contributed by atoms with Gasteiger partial charge in [0.25, 0.3) is 5.12 Å². The summed E-state index contributed by atoms with van der Waals surface area (Å²) in [5, 5.41) is -0.221. The predicted octanol–water partition coefficient (Wildman–Crippen LogP) is 3.25. The summed E-state index contributed by atoms with van der Waals surface area (Å²) in [6.07, 6.45) is 3.43. The molecule has 0 saturated carbocycles. The van der Waals surface area contributed by atoms with Crippen LogP contribution in [0.4, 0.5) is 0 Å². The normalized spacial score (nSPS) is 9.93. The molecule has 0 aromatic carbocycles. The zero-order valence-corrected chi connectivity index (χ0v) is 10.0. The first-order chi connectivity index (χ1) is 7.24. The van der Waals surface area contributed by atoms with Crippen molar-refractivity contribution >= 4 is 33.5 Å². The predicted molar refractivity (Wildman–Crippen MR) is 64.1 cm³/mol. The van der Waals surface area contributed by atoms with Gasteiger partial charge in [0.05, 0.1) is 12.9 Å². The van der Waals surface area contributed by atoms with Gasteiger partial charge in [-0.1, -0.05) is 13.3 Å². The molecule has 0 fully saturated rings. The van der Waals surface area contributed by atoms with E-state index >= 15 is 0 Å². The average molecular weight is 244 g/mol. The molecule has 0 atom stereocenters. The van der Waals surface area contributed by atoms with Crippen molar-refractivity contribution in [3.8, 4) is 0 Å². The molecular formula is C10H12O3S2. The van der Waals surface area contributed by atoms with Gasteiger partial charge in [-0.15, -0.1) is 0 Å². The summed E-state index contributed by atoms with van der Waals surface area (Å²) < 4.78 is 10.4. The van der Waals surface area contributed by atoms with E-state index in [1.54, 1.807) is 12.1 Å². The fraction of sp³-hybridized carbons (Fsp3) is 0.400. The second kappa shape index (κ2) is 6.63. The van der Waals surface area contributed by atoms with E-state index in [9.17, 15) is 4.79 Å². The summed E-state index contributed by atoms with van der Waals surface area (Å²) in [5.74, 6) is 0.293.